The number of nitrogens with two attached hydrogens (primary N) is 1. The molecule has 1 aliphatic heterocycles. The number of methoxy groups -OCH3 is 1. The molecule has 1 aromatic carbocycles. The topological polar surface area (TPSA) is 55.6 Å². The molecule has 0 saturated carbocycles. The van der Waals surface area contributed by atoms with Crippen LogP contribution in [0.1, 0.15) is 18.4 Å². The number of benzene rings is 1. The van der Waals surface area contributed by atoms with E-state index in [0.29, 0.717) is 19.4 Å². The van der Waals surface area contributed by atoms with E-state index in [1.54, 1.807) is 17.0 Å². The van der Waals surface area contributed by atoms with Crippen molar-refractivity contribution >= 4 is 5.91 Å². The van der Waals surface area contributed by atoms with E-state index in [2.05, 4.69) is 0 Å². The molecule has 1 saturated heterocycles. The van der Waals surface area contributed by atoms with Crippen molar-refractivity contribution in [2.45, 2.75) is 25.3 Å². The van der Waals surface area contributed by atoms with E-state index in [1.807, 2.05) is 0 Å². The summed E-state index contributed by atoms with van der Waals surface area (Å²) in [6, 6.07) is 4.88. The summed E-state index contributed by atoms with van der Waals surface area (Å²) in [4.78, 5) is 13.7. The molecule has 0 aromatic heterocycles. The summed E-state index contributed by atoms with van der Waals surface area (Å²) in [6.07, 6.45) is 1.78. The molecule has 2 rings (SSSR count). The van der Waals surface area contributed by atoms with E-state index in [4.69, 9.17) is 10.5 Å². The first-order chi connectivity index (χ1) is 9.10. The summed E-state index contributed by atoms with van der Waals surface area (Å²) in [7, 11) is 1.43. The zero-order valence-corrected chi connectivity index (χ0v) is 11.1. The minimum atomic E-state index is -0.393. The van der Waals surface area contributed by atoms with Crippen LogP contribution in [0.4, 0.5) is 4.39 Å². The maximum absolute atomic E-state index is 13.5. The van der Waals surface area contributed by atoms with Crippen LogP contribution in [0.2, 0.25) is 0 Å². The summed E-state index contributed by atoms with van der Waals surface area (Å²) in [6.45, 7) is 1.37. The van der Waals surface area contributed by atoms with Gasteiger partial charge in [-0.2, -0.15) is 0 Å². The molecule has 0 aliphatic carbocycles. The number of aryl methyl sites for hydroxylation is 1. The maximum Gasteiger partial charge on any atom is 0.222 e. The minimum Gasteiger partial charge on any atom is -0.494 e. The quantitative estimate of drug-likeness (QED) is 0.894. The van der Waals surface area contributed by atoms with Gasteiger partial charge in [-0.3, -0.25) is 4.79 Å². The highest BCUT2D eigenvalue weighted by Crippen LogP contribution is 2.19. The highest BCUT2D eigenvalue weighted by atomic mass is 19.1. The fourth-order valence-electron chi connectivity index (χ4n) is 2.29. The summed E-state index contributed by atoms with van der Waals surface area (Å²) >= 11 is 0. The third kappa shape index (κ3) is 3.44. The number of hydrogen-bond acceptors (Lipinski definition) is 3. The normalized spacial score (nSPS) is 18.7. The zero-order chi connectivity index (χ0) is 13.8. The number of hydrogen-bond donors (Lipinski definition) is 1. The van der Waals surface area contributed by atoms with E-state index in [0.717, 1.165) is 18.5 Å². The van der Waals surface area contributed by atoms with Crippen LogP contribution in [0.5, 0.6) is 5.75 Å². The maximum atomic E-state index is 13.5. The smallest absolute Gasteiger partial charge is 0.222 e. The largest absolute Gasteiger partial charge is 0.494 e. The van der Waals surface area contributed by atoms with Gasteiger partial charge in [0.2, 0.25) is 5.91 Å². The predicted octanol–water partition coefficient (Wildman–Crippen LogP) is 1.33. The van der Waals surface area contributed by atoms with Gasteiger partial charge in [-0.05, 0) is 30.5 Å². The summed E-state index contributed by atoms with van der Waals surface area (Å²) in [5.74, 6) is -0.0830. The van der Waals surface area contributed by atoms with Gasteiger partial charge in [-0.1, -0.05) is 6.07 Å². The number of likely N-dealkylation sites (tertiary alicyclic amines) is 1. The standard InChI is InChI=1S/C14H19FN2O2/c1-19-13-4-2-10(8-12(13)15)3-5-14(18)17-7-6-11(16)9-17/h2,4,8,11H,3,5-7,9,16H2,1H3. The molecule has 1 heterocycles. The van der Waals surface area contributed by atoms with Crippen LogP contribution >= 0.6 is 0 Å². The number of amides is 1. The average Bonchev–Trinajstić information content (AvgIpc) is 2.83. The Morgan fingerprint density at radius 3 is 2.95 bits per heavy atom. The number of carbonyl (C=O) groups is 1. The molecule has 4 nitrogen and oxygen atoms in total. The van der Waals surface area contributed by atoms with Crippen molar-refractivity contribution in [2.24, 2.45) is 5.73 Å². The first kappa shape index (κ1) is 13.8. The van der Waals surface area contributed by atoms with Crippen LogP contribution in [-0.2, 0) is 11.2 Å². The second-order valence-electron chi connectivity index (χ2n) is 4.86. The molecule has 5 heteroatoms. The second-order valence-corrected chi connectivity index (χ2v) is 4.86. The Morgan fingerprint density at radius 1 is 1.58 bits per heavy atom. The van der Waals surface area contributed by atoms with Crippen LogP contribution in [0.15, 0.2) is 18.2 Å². The lowest BCUT2D eigenvalue weighted by molar-refractivity contribution is -0.130. The lowest BCUT2D eigenvalue weighted by Gasteiger charge is -2.15. The number of halogens is 1. The summed E-state index contributed by atoms with van der Waals surface area (Å²) in [5, 5.41) is 0. The first-order valence-corrected chi connectivity index (χ1v) is 6.46. The van der Waals surface area contributed by atoms with Crippen LogP contribution in [0.25, 0.3) is 0 Å². The Hall–Kier alpha value is -1.62. The van der Waals surface area contributed by atoms with Gasteiger partial charge in [0.05, 0.1) is 7.11 Å². The number of nitrogens with zero attached hydrogens (tertiary/aromatic N) is 1. The van der Waals surface area contributed by atoms with E-state index in [1.165, 1.54) is 13.2 Å². The molecule has 1 aliphatic rings. The lowest BCUT2D eigenvalue weighted by Crippen LogP contribution is -2.31. The van der Waals surface area contributed by atoms with Gasteiger partial charge in [0, 0.05) is 25.6 Å². The molecule has 1 aromatic rings. The third-order valence-corrected chi connectivity index (χ3v) is 3.42. The lowest BCUT2D eigenvalue weighted by atomic mass is 10.1. The molecule has 1 atom stereocenters. The third-order valence-electron chi connectivity index (χ3n) is 3.42. The molecule has 1 unspecified atom stereocenters. The average molecular weight is 266 g/mol. The molecule has 19 heavy (non-hydrogen) atoms. The minimum absolute atomic E-state index is 0.0872. The van der Waals surface area contributed by atoms with Crippen LogP contribution < -0.4 is 10.5 Å². The molecule has 0 bridgehead atoms. The molecular formula is C14H19FN2O2. The predicted molar refractivity (Wildman–Crippen MR) is 70.4 cm³/mol. The Kier molecular flexibility index (Phi) is 4.37. The van der Waals surface area contributed by atoms with Crippen molar-refractivity contribution in [1.82, 2.24) is 4.90 Å². The highest BCUT2D eigenvalue weighted by molar-refractivity contribution is 5.76. The fraction of sp³-hybridized carbons (Fsp3) is 0.500. The Labute approximate surface area is 112 Å². The van der Waals surface area contributed by atoms with Crippen molar-refractivity contribution in [1.29, 1.82) is 0 Å². The van der Waals surface area contributed by atoms with Crippen molar-refractivity contribution in [2.75, 3.05) is 20.2 Å². The molecule has 104 valence electrons. The Bertz CT molecular complexity index is 465. The van der Waals surface area contributed by atoms with E-state index in [9.17, 15) is 9.18 Å². The van der Waals surface area contributed by atoms with E-state index >= 15 is 0 Å². The van der Waals surface area contributed by atoms with Crippen molar-refractivity contribution < 1.29 is 13.9 Å². The number of ether oxygens (including phenoxy) is 1. The second kappa shape index (κ2) is 6.02. The number of rotatable bonds is 4. The van der Waals surface area contributed by atoms with Crippen LogP contribution in [-0.4, -0.2) is 37.0 Å². The van der Waals surface area contributed by atoms with Crippen LogP contribution in [0, 0.1) is 5.82 Å². The van der Waals surface area contributed by atoms with Crippen molar-refractivity contribution in [3.63, 3.8) is 0 Å². The van der Waals surface area contributed by atoms with Gasteiger partial charge in [-0.25, -0.2) is 4.39 Å². The highest BCUT2D eigenvalue weighted by Gasteiger charge is 2.23. The molecule has 2 N–H and O–H groups in total. The summed E-state index contributed by atoms with van der Waals surface area (Å²) in [5.41, 5.74) is 6.57. The van der Waals surface area contributed by atoms with Gasteiger partial charge in [0.1, 0.15) is 0 Å². The Balaban J connectivity index is 1.88. The van der Waals surface area contributed by atoms with Crippen molar-refractivity contribution in [3.8, 4) is 5.75 Å². The van der Waals surface area contributed by atoms with E-state index < -0.39 is 5.82 Å². The molecule has 0 radical (unpaired) electrons. The molecule has 0 spiro atoms. The Morgan fingerprint density at radius 2 is 2.37 bits per heavy atom. The van der Waals surface area contributed by atoms with Gasteiger partial charge < -0.3 is 15.4 Å². The zero-order valence-electron chi connectivity index (χ0n) is 11.1. The van der Waals surface area contributed by atoms with Gasteiger partial charge in [-0.15, -0.1) is 0 Å². The molecule has 1 fully saturated rings. The van der Waals surface area contributed by atoms with Gasteiger partial charge >= 0.3 is 0 Å². The molecule has 1 amide bonds. The van der Waals surface area contributed by atoms with Gasteiger partial charge in [0.25, 0.3) is 0 Å². The SMILES string of the molecule is COc1ccc(CCC(=O)N2CCC(N)C2)cc1F. The molecular weight excluding hydrogens is 247 g/mol. The first-order valence-electron chi connectivity index (χ1n) is 6.46. The van der Waals surface area contributed by atoms with Crippen LogP contribution in [0.3, 0.4) is 0 Å². The number of carbonyl (C=O) groups excluding carboxylic acids is 1. The fourth-order valence-corrected chi connectivity index (χ4v) is 2.29. The monoisotopic (exact) mass is 266 g/mol. The van der Waals surface area contributed by atoms with Gasteiger partial charge in [0.15, 0.2) is 11.6 Å². The summed E-state index contributed by atoms with van der Waals surface area (Å²) < 4.78 is 18.3. The van der Waals surface area contributed by atoms with E-state index in [-0.39, 0.29) is 17.7 Å². The van der Waals surface area contributed by atoms with Crippen molar-refractivity contribution in [3.05, 3.63) is 29.6 Å².